The molecule has 4 bridgehead atoms. The summed E-state index contributed by atoms with van der Waals surface area (Å²) in [7, 11) is 0. The van der Waals surface area contributed by atoms with E-state index in [1.54, 1.807) is 0 Å². The van der Waals surface area contributed by atoms with E-state index in [0.29, 0.717) is 0 Å². The summed E-state index contributed by atoms with van der Waals surface area (Å²) in [5.74, 6) is -10.5. The number of esters is 8. The molecule has 0 radical (unpaired) electrons. The second-order valence-electron chi connectivity index (χ2n) is 15.3. The average molecular weight is 806 g/mol. The molecule has 0 amide bonds. The van der Waals surface area contributed by atoms with Gasteiger partial charge in [0, 0.05) is 47.7 Å². The Morgan fingerprint density at radius 3 is 1.91 bits per heavy atom. The van der Waals surface area contributed by atoms with Crippen molar-refractivity contribution in [2.75, 3.05) is 13.2 Å². The molecule has 3 fully saturated rings. The number of pyridine rings is 1. The van der Waals surface area contributed by atoms with Crippen molar-refractivity contribution in [3.8, 4) is 0 Å². The number of hydrogen-bond donors (Lipinski definition) is 1. The van der Waals surface area contributed by atoms with Crippen LogP contribution in [0.2, 0.25) is 0 Å². The highest BCUT2D eigenvalue weighted by molar-refractivity contribution is 5.90. The van der Waals surface area contributed by atoms with Gasteiger partial charge in [0.2, 0.25) is 0 Å². The van der Waals surface area contributed by atoms with Crippen molar-refractivity contribution in [2.45, 2.75) is 129 Å². The van der Waals surface area contributed by atoms with Crippen molar-refractivity contribution in [3.05, 3.63) is 29.6 Å². The molecule has 2 saturated carbocycles. The van der Waals surface area contributed by atoms with E-state index in [1.807, 2.05) is 0 Å². The molecule has 19 nitrogen and oxygen atoms in total. The number of cyclic esters (lactones) is 1. The van der Waals surface area contributed by atoms with Crippen LogP contribution in [0.4, 0.5) is 0 Å². The van der Waals surface area contributed by atoms with Crippen molar-refractivity contribution < 1.29 is 86.1 Å². The Morgan fingerprint density at radius 2 is 1.35 bits per heavy atom. The molecule has 12 atom stereocenters. The molecule has 0 unspecified atom stereocenters. The zero-order valence-electron chi connectivity index (χ0n) is 33.0. The van der Waals surface area contributed by atoms with Gasteiger partial charge >= 0.3 is 47.8 Å². The Hall–Kier alpha value is -5.17. The maximum atomic E-state index is 14.1. The first-order chi connectivity index (χ1) is 26.5. The van der Waals surface area contributed by atoms with Crippen LogP contribution in [0.15, 0.2) is 18.3 Å². The predicted molar refractivity (Wildman–Crippen MR) is 185 cm³/mol. The molecule has 1 aromatic heterocycles. The molecule has 0 aromatic carbocycles. The minimum absolute atomic E-state index is 0.0290. The zero-order valence-corrected chi connectivity index (χ0v) is 33.0. The Labute approximate surface area is 327 Å². The number of rotatable bonds is 7. The van der Waals surface area contributed by atoms with E-state index in [9.17, 15) is 43.5 Å². The fourth-order valence-corrected chi connectivity index (χ4v) is 9.16. The molecule has 4 aliphatic rings. The van der Waals surface area contributed by atoms with Gasteiger partial charge in [-0.15, -0.1) is 0 Å². The summed E-state index contributed by atoms with van der Waals surface area (Å²) in [5.41, 5.74) is -9.87. The van der Waals surface area contributed by atoms with Crippen molar-refractivity contribution in [3.63, 3.8) is 0 Å². The topological polar surface area (TPSA) is 253 Å². The van der Waals surface area contributed by atoms with Gasteiger partial charge in [0.05, 0.1) is 23.1 Å². The van der Waals surface area contributed by atoms with Crippen LogP contribution in [0.5, 0.6) is 0 Å². The summed E-state index contributed by atoms with van der Waals surface area (Å²) < 4.78 is 54.2. The largest absolute Gasteiger partial charge is 0.465 e. The number of aromatic nitrogens is 1. The Bertz CT molecular complexity index is 1840. The molecule has 1 saturated heterocycles. The van der Waals surface area contributed by atoms with Crippen LogP contribution in [-0.4, -0.2) is 124 Å². The molecule has 1 aromatic rings. The normalized spacial score (nSPS) is 37.1. The third kappa shape index (κ3) is 7.30. The summed E-state index contributed by atoms with van der Waals surface area (Å²) in [6.07, 6.45) is -10.3. The van der Waals surface area contributed by atoms with Gasteiger partial charge < -0.3 is 47.7 Å². The van der Waals surface area contributed by atoms with Gasteiger partial charge in [-0.05, 0) is 38.8 Å². The highest BCUT2D eigenvalue weighted by atomic mass is 16.7. The van der Waals surface area contributed by atoms with Crippen LogP contribution < -0.4 is 0 Å². The highest BCUT2D eigenvalue weighted by Crippen LogP contribution is 2.70. The number of fused-ring (bicyclic) bond motifs is 5. The minimum Gasteiger partial charge on any atom is -0.465 e. The van der Waals surface area contributed by atoms with E-state index in [1.165, 1.54) is 32.2 Å². The Balaban J connectivity index is 1.99. The SMILES string of the molecule is CC(=O)OC[C@@]12[C@H](OC(C)=O)[C@@H](OC(C)=O)[C@@H]3OC(=O)[C@@H](C)CCc4ncccc4C(=O)OC[C@]4(C)O[C@@]1([C@H](OC(C)=O)[C@H]4[C@H](OC(C)=O)[C@@H]2OC(C)=O)[C@@]3(C)O. The number of carbonyl (C=O) groups excluding carboxylic acids is 8. The van der Waals surface area contributed by atoms with Crippen LogP contribution >= 0.6 is 0 Å². The first-order valence-corrected chi connectivity index (χ1v) is 18.3. The van der Waals surface area contributed by atoms with E-state index >= 15 is 0 Å². The van der Waals surface area contributed by atoms with Crippen LogP contribution in [0, 0.1) is 17.3 Å². The molecule has 3 heterocycles. The quantitative estimate of drug-likeness (QED) is 0.296. The Kier molecular flexibility index (Phi) is 11.8. The van der Waals surface area contributed by atoms with Gasteiger partial charge in [-0.3, -0.25) is 38.5 Å². The van der Waals surface area contributed by atoms with Gasteiger partial charge in [-0.1, -0.05) is 6.92 Å². The number of aryl methyl sites for hydroxylation is 1. The fourth-order valence-electron chi connectivity index (χ4n) is 9.16. The van der Waals surface area contributed by atoms with Gasteiger partial charge in [0.15, 0.2) is 30.0 Å². The lowest BCUT2D eigenvalue weighted by Crippen LogP contribution is -2.89. The van der Waals surface area contributed by atoms with E-state index in [2.05, 4.69) is 4.98 Å². The Morgan fingerprint density at radius 1 is 0.807 bits per heavy atom. The van der Waals surface area contributed by atoms with Crippen LogP contribution in [-0.2, 0) is 82.6 Å². The molecule has 2 aliphatic heterocycles. The lowest BCUT2D eigenvalue weighted by molar-refractivity contribution is -0.386. The molecule has 19 heteroatoms. The molecule has 57 heavy (non-hydrogen) atoms. The summed E-state index contributed by atoms with van der Waals surface area (Å²) in [5, 5.41) is 13.4. The third-order valence-corrected chi connectivity index (χ3v) is 11.1. The molecule has 1 spiro atoms. The number of aliphatic hydroxyl groups is 1. The smallest absolute Gasteiger partial charge is 0.340 e. The van der Waals surface area contributed by atoms with E-state index in [-0.39, 0.29) is 24.1 Å². The number of ether oxygens (including phenoxy) is 9. The monoisotopic (exact) mass is 805 g/mol. The average Bonchev–Trinajstić information content (AvgIpc) is 3.32. The lowest BCUT2D eigenvalue weighted by Gasteiger charge is -2.67. The third-order valence-electron chi connectivity index (χ3n) is 11.1. The van der Waals surface area contributed by atoms with E-state index < -0.39 is 132 Å². The molecule has 312 valence electrons. The second-order valence-corrected chi connectivity index (χ2v) is 15.3. The van der Waals surface area contributed by atoms with Gasteiger partial charge in [-0.2, -0.15) is 0 Å². The molecule has 5 rings (SSSR count). The van der Waals surface area contributed by atoms with Crippen LogP contribution in [0.25, 0.3) is 0 Å². The minimum atomic E-state index is -2.80. The summed E-state index contributed by atoms with van der Waals surface area (Å²) >= 11 is 0. The lowest BCUT2D eigenvalue weighted by atomic mass is 9.45. The maximum absolute atomic E-state index is 14.1. The molecule has 1 N–H and O–H groups in total. The standard InChI is InChI=1S/C38H47NO18/c1-17-12-13-25-24(11-10-14-39-25)34(47)50-15-35(8)26-27(51-19(3)41)31(54-22(6)44)37(16-49-18(2)40)32(55-23(7)45)28(52-20(4)42)30(56-33(17)46)36(9,48)38(37,57-35)29(26)53-21(5)43/h10-11,14,17,26-32,48H,12-13,15-16H2,1-9H3/t17-,26+,27-,28-,29+,30-,31-,32+,35-,36-,37+,38-/m0/s1. The van der Waals surface area contributed by atoms with Gasteiger partial charge in [0.25, 0.3) is 0 Å². The fraction of sp³-hybridized carbons (Fsp3) is 0.658. The number of carbonyl (C=O) groups is 8. The number of nitrogens with zero attached hydrogens (tertiary/aromatic N) is 1. The predicted octanol–water partition coefficient (Wildman–Crippen LogP) is 0.863. The van der Waals surface area contributed by atoms with E-state index in [4.69, 9.17) is 42.6 Å². The van der Waals surface area contributed by atoms with Crippen LogP contribution in [0.1, 0.15) is 84.8 Å². The maximum Gasteiger partial charge on any atom is 0.340 e. The first-order valence-electron chi connectivity index (χ1n) is 18.3. The van der Waals surface area contributed by atoms with Gasteiger partial charge in [-0.25, -0.2) is 4.79 Å². The molecular formula is C38H47NO18. The molecule has 2 aliphatic carbocycles. The summed E-state index contributed by atoms with van der Waals surface area (Å²) in [6.45, 7) is 8.15. The molecular weight excluding hydrogens is 758 g/mol. The number of hydrogen-bond acceptors (Lipinski definition) is 19. The van der Waals surface area contributed by atoms with Crippen molar-refractivity contribution >= 4 is 47.8 Å². The van der Waals surface area contributed by atoms with Crippen molar-refractivity contribution in [2.24, 2.45) is 17.3 Å². The zero-order chi connectivity index (χ0) is 42.4. The van der Waals surface area contributed by atoms with Crippen molar-refractivity contribution in [1.82, 2.24) is 4.98 Å². The van der Waals surface area contributed by atoms with Crippen LogP contribution in [0.3, 0.4) is 0 Å². The van der Waals surface area contributed by atoms with Crippen molar-refractivity contribution in [1.29, 1.82) is 0 Å². The van der Waals surface area contributed by atoms with E-state index in [0.717, 1.165) is 48.5 Å². The second kappa shape index (κ2) is 15.6. The first kappa shape index (κ1) is 43.0. The summed E-state index contributed by atoms with van der Waals surface area (Å²) in [6, 6.07) is 2.95. The van der Waals surface area contributed by atoms with Gasteiger partial charge in [0.1, 0.15) is 42.0 Å². The highest BCUT2D eigenvalue weighted by Gasteiger charge is 2.92. The summed E-state index contributed by atoms with van der Waals surface area (Å²) in [4.78, 5) is 111.